The molecule has 0 aliphatic carbocycles. The first-order chi connectivity index (χ1) is 13.2. The van der Waals surface area contributed by atoms with Gasteiger partial charge in [-0.2, -0.15) is 5.10 Å². The van der Waals surface area contributed by atoms with E-state index in [9.17, 15) is 0 Å². The summed E-state index contributed by atoms with van der Waals surface area (Å²) in [4.78, 5) is 0. The number of benzene rings is 3. The Morgan fingerprint density at radius 1 is 1.07 bits per heavy atom. The first-order valence-corrected chi connectivity index (χ1v) is 9.42. The highest BCUT2D eigenvalue weighted by atomic mass is 79.9. The second-order valence-electron chi connectivity index (χ2n) is 5.65. The summed E-state index contributed by atoms with van der Waals surface area (Å²) < 4.78 is 12.2. The summed E-state index contributed by atoms with van der Waals surface area (Å²) in [5, 5.41) is 4.92. The highest BCUT2D eigenvalue weighted by molar-refractivity contribution is 9.10. The van der Waals surface area contributed by atoms with Crippen LogP contribution in [0.1, 0.15) is 11.1 Å². The summed E-state index contributed by atoms with van der Waals surface area (Å²) in [6.45, 7) is 0.345. The minimum absolute atomic E-state index is 0.345. The first-order valence-electron chi connectivity index (χ1n) is 8.25. The Balaban J connectivity index is 1.73. The van der Waals surface area contributed by atoms with Crippen molar-refractivity contribution in [2.24, 2.45) is 5.10 Å². The zero-order valence-corrected chi connectivity index (χ0v) is 17.0. The van der Waals surface area contributed by atoms with E-state index in [0.717, 1.165) is 21.3 Å². The van der Waals surface area contributed by atoms with Crippen molar-refractivity contribution in [2.75, 3.05) is 12.5 Å². The van der Waals surface area contributed by atoms with Gasteiger partial charge in [0.05, 0.1) is 23.5 Å². The fraction of sp³-hybridized carbons (Fsp3) is 0.0952. The summed E-state index contributed by atoms with van der Waals surface area (Å²) >= 11 is 9.74. The maximum Gasteiger partial charge on any atom is 0.175 e. The average molecular weight is 446 g/mol. The monoisotopic (exact) mass is 444 g/mol. The van der Waals surface area contributed by atoms with Crippen molar-refractivity contribution in [3.8, 4) is 11.5 Å². The molecule has 3 aromatic rings. The Morgan fingerprint density at radius 3 is 2.56 bits per heavy atom. The fourth-order valence-corrected chi connectivity index (χ4v) is 3.18. The Bertz CT molecular complexity index is 933. The molecule has 0 aliphatic rings. The first kappa shape index (κ1) is 19.3. The largest absolute Gasteiger partial charge is 0.493 e. The van der Waals surface area contributed by atoms with E-state index in [1.807, 2.05) is 66.7 Å². The molecule has 0 amide bonds. The molecule has 0 aliphatic heterocycles. The zero-order chi connectivity index (χ0) is 19.1. The minimum atomic E-state index is 0.345. The molecule has 0 bridgehead atoms. The number of hydrogen-bond donors (Lipinski definition) is 1. The minimum Gasteiger partial charge on any atom is -0.493 e. The quantitative estimate of drug-likeness (QED) is 0.351. The summed E-state index contributed by atoms with van der Waals surface area (Å²) in [5.74, 6) is 1.23. The van der Waals surface area contributed by atoms with E-state index < -0.39 is 0 Å². The molecule has 3 rings (SSSR count). The molecule has 3 aromatic carbocycles. The van der Waals surface area contributed by atoms with E-state index in [2.05, 4.69) is 26.5 Å². The van der Waals surface area contributed by atoms with Crippen molar-refractivity contribution >= 4 is 39.4 Å². The Labute approximate surface area is 171 Å². The van der Waals surface area contributed by atoms with Gasteiger partial charge < -0.3 is 9.47 Å². The second-order valence-corrected chi connectivity index (χ2v) is 6.91. The van der Waals surface area contributed by atoms with Gasteiger partial charge in [-0.05, 0) is 51.8 Å². The average Bonchev–Trinajstić information content (AvgIpc) is 2.69. The third-order valence-electron chi connectivity index (χ3n) is 3.76. The van der Waals surface area contributed by atoms with Gasteiger partial charge in [0.15, 0.2) is 11.5 Å². The topological polar surface area (TPSA) is 42.8 Å². The molecule has 0 spiro atoms. The van der Waals surface area contributed by atoms with Gasteiger partial charge in [0.2, 0.25) is 0 Å². The summed E-state index contributed by atoms with van der Waals surface area (Å²) in [6, 6.07) is 21.1. The molecule has 0 saturated carbocycles. The molecule has 27 heavy (non-hydrogen) atoms. The van der Waals surface area contributed by atoms with Gasteiger partial charge in [-0.3, -0.25) is 5.43 Å². The maximum absolute atomic E-state index is 6.19. The molecular weight excluding hydrogens is 428 g/mol. The number of nitrogens with zero attached hydrogens (tertiary/aromatic N) is 1. The molecule has 0 aromatic heterocycles. The van der Waals surface area contributed by atoms with E-state index in [1.165, 1.54) is 0 Å². The Hall–Kier alpha value is -2.50. The summed E-state index contributed by atoms with van der Waals surface area (Å²) in [5.41, 5.74) is 5.68. The van der Waals surface area contributed by atoms with Crippen molar-refractivity contribution in [2.45, 2.75) is 6.61 Å². The van der Waals surface area contributed by atoms with Crippen LogP contribution in [0.4, 0.5) is 5.69 Å². The van der Waals surface area contributed by atoms with E-state index in [1.54, 1.807) is 13.3 Å². The SMILES string of the molecule is COc1cc(C=NNc2ccccc2)cc(Br)c1OCc1ccccc1Cl. The number of nitrogens with one attached hydrogen (secondary N) is 1. The van der Waals surface area contributed by atoms with Gasteiger partial charge in [0, 0.05) is 10.6 Å². The second kappa shape index (κ2) is 9.44. The van der Waals surface area contributed by atoms with E-state index in [0.29, 0.717) is 23.1 Å². The highest BCUT2D eigenvalue weighted by Crippen LogP contribution is 2.37. The van der Waals surface area contributed by atoms with Gasteiger partial charge in [0.1, 0.15) is 6.61 Å². The van der Waals surface area contributed by atoms with Crippen LogP contribution in [0, 0.1) is 0 Å². The lowest BCUT2D eigenvalue weighted by atomic mass is 10.2. The van der Waals surface area contributed by atoms with Crippen LogP contribution < -0.4 is 14.9 Å². The lowest BCUT2D eigenvalue weighted by Crippen LogP contribution is -2.00. The fourth-order valence-electron chi connectivity index (χ4n) is 2.41. The number of ether oxygens (including phenoxy) is 2. The van der Waals surface area contributed by atoms with Crippen molar-refractivity contribution < 1.29 is 9.47 Å². The molecule has 0 fully saturated rings. The van der Waals surface area contributed by atoms with Crippen molar-refractivity contribution in [1.82, 2.24) is 0 Å². The molecule has 6 heteroatoms. The molecule has 4 nitrogen and oxygen atoms in total. The number of para-hydroxylation sites is 1. The molecule has 1 N–H and O–H groups in total. The molecule has 138 valence electrons. The smallest absolute Gasteiger partial charge is 0.175 e. The molecule has 0 saturated heterocycles. The maximum atomic E-state index is 6.19. The molecule has 0 atom stereocenters. The third kappa shape index (κ3) is 5.25. The number of rotatable bonds is 7. The van der Waals surface area contributed by atoms with Crippen LogP contribution in [-0.2, 0) is 6.61 Å². The lowest BCUT2D eigenvalue weighted by molar-refractivity contribution is 0.282. The molecule has 0 unspecified atom stereocenters. The normalized spacial score (nSPS) is 10.8. The standard InChI is InChI=1S/C21H18BrClN2O2/c1-26-20-12-15(13-24-25-17-8-3-2-4-9-17)11-18(22)21(20)27-14-16-7-5-6-10-19(16)23/h2-13,25H,14H2,1H3. The summed E-state index contributed by atoms with van der Waals surface area (Å²) in [6.07, 6.45) is 1.72. The number of methoxy groups -OCH3 is 1. The van der Waals surface area contributed by atoms with Gasteiger partial charge in [-0.15, -0.1) is 0 Å². The molecular formula is C21H18BrClN2O2. The Kier molecular flexibility index (Phi) is 6.74. The number of hydrazone groups is 1. The lowest BCUT2D eigenvalue weighted by Gasteiger charge is -2.14. The zero-order valence-electron chi connectivity index (χ0n) is 14.7. The predicted octanol–water partition coefficient (Wildman–Crippen LogP) is 6.14. The van der Waals surface area contributed by atoms with E-state index >= 15 is 0 Å². The van der Waals surface area contributed by atoms with Gasteiger partial charge >= 0.3 is 0 Å². The van der Waals surface area contributed by atoms with Crippen LogP contribution in [0.2, 0.25) is 5.02 Å². The van der Waals surface area contributed by atoms with Crippen molar-refractivity contribution in [3.63, 3.8) is 0 Å². The van der Waals surface area contributed by atoms with Crippen LogP contribution in [0.25, 0.3) is 0 Å². The molecule has 0 heterocycles. The van der Waals surface area contributed by atoms with Crippen LogP contribution >= 0.6 is 27.5 Å². The van der Waals surface area contributed by atoms with E-state index in [4.69, 9.17) is 21.1 Å². The van der Waals surface area contributed by atoms with Gasteiger partial charge in [-0.1, -0.05) is 48.0 Å². The number of halogens is 2. The van der Waals surface area contributed by atoms with Gasteiger partial charge in [0.25, 0.3) is 0 Å². The molecule has 0 radical (unpaired) electrons. The van der Waals surface area contributed by atoms with Crippen molar-refractivity contribution in [3.05, 3.63) is 87.4 Å². The van der Waals surface area contributed by atoms with Crippen LogP contribution in [0.3, 0.4) is 0 Å². The predicted molar refractivity (Wildman–Crippen MR) is 114 cm³/mol. The van der Waals surface area contributed by atoms with Crippen LogP contribution in [0.5, 0.6) is 11.5 Å². The number of anilines is 1. The van der Waals surface area contributed by atoms with Crippen LogP contribution in [-0.4, -0.2) is 13.3 Å². The van der Waals surface area contributed by atoms with E-state index in [-0.39, 0.29) is 0 Å². The summed E-state index contributed by atoms with van der Waals surface area (Å²) in [7, 11) is 1.60. The van der Waals surface area contributed by atoms with Crippen molar-refractivity contribution in [1.29, 1.82) is 0 Å². The highest BCUT2D eigenvalue weighted by Gasteiger charge is 2.12. The third-order valence-corrected chi connectivity index (χ3v) is 4.72. The van der Waals surface area contributed by atoms with Crippen LogP contribution in [0.15, 0.2) is 76.3 Å². The van der Waals surface area contributed by atoms with Gasteiger partial charge in [-0.25, -0.2) is 0 Å². The number of hydrogen-bond acceptors (Lipinski definition) is 4. The Morgan fingerprint density at radius 2 is 1.81 bits per heavy atom.